The summed E-state index contributed by atoms with van der Waals surface area (Å²) in [6.45, 7) is 9.59. The number of methoxy groups -OCH3 is 1. The number of rotatable bonds is 5. The van der Waals surface area contributed by atoms with E-state index in [4.69, 9.17) is 4.74 Å². The third-order valence-corrected chi connectivity index (χ3v) is 3.93. The largest absolute Gasteiger partial charge is 0.496 e. The molecule has 0 radical (unpaired) electrons. The standard InChI is InChI=1S/C18H20O2/c1-5-7-14-15(20-4)10-8-13-9-11-16(19)18(3,12-6-2)17(13)14/h5-6,8-11H,1-2,7,12H2,3-4H3. The first-order valence-corrected chi connectivity index (χ1v) is 6.73. The minimum atomic E-state index is -0.571. The van der Waals surface area contributed by atoms with E-state index in [2.05, 4.69) is 13.2 Å². The van der Waals surface area contributed by atoms with E-state index in [0.29, 0.717) is 12.8 Å². The fourth-order valence-corrected chi connectivity index (χ4v) is 2.94. The molecule has 0 aromatic heterocycles. The first kappa shape index (κ1) is 14.3. The molecule has 1 aromatic rings. The van der Waals surface area contributed by atoms with E-state index in [1.54, 1.807) is 19.3 Å². The van der Waals surface area contributed by atoms with Crippen molar-refractivity contribution in [2.24, 2.45) is 0 Å². The number of benzene rings is 1. The average molecular weight is 268 g/mol. The smallest absolute Gasteiger partial charge is 0.166 e. The number of ketones is 1. The molecular formula is C18H20O2. The van der Waals surface area contributed by atoms with Crippen LogP contribution in [0.1, 0.15) is 30.0 Å². The molecule has 0 saturated heterocycles. The predicted octanol–water partition coefficient (Wildman–Crippen LogP) is 3.85. The van der Waals surface area contributed by atoms with Gasteiger partial charge in [-0.3, -0.25) is 4.79 Å². The van der Waals surface area contributed by atoms with E-state index in [-0.39, 0.29) is 5.78 Å². The Hall–Kier alpha value is -2.09. The maximum absolute atomic E-state index is 12.4. The Balaban J connectivity index is 2.76. The lowest BCUT2D eigenvalue weighted by molar-refractivity contribution is -0.119. The molecule has 0 spiro atoms. The summed E-state index contributed by atoms with van der Waals surface area (Å²) in [5.74, 6) is 0.922. The summed E-state index contributed by atoms with van der Waals surface area (Å²) in [5, 5.41) is 0. The Labute approximate surface area is 120 Å². The highest BCUT2D eigenvalue weighted by Gasteiger charge is 2.38. The Bertz CT molecular complexity index is 596. The third-order valence-electron chi connectivity index (χ3n) is 3.93. The molecule has 1 aliphatic carbocycles. The van der Waals surface area contributed by atoms with E-state index < -0.39 is 5.41 Å². The fraction of sp³-hybridized carbons (Fsp3) is 0.278. The normalized spacial score (nSPS) is 20.4. The van der Waals surface area contributed by atoms with Gasteiger partial charge < -0.3 is 4.74 Å². The van der Waals surface area contributed by atoms with Crippen molar-refractivity contribution < 1.29 is 9.53 Å². The summed E-state index contributed by atoms with van der Waals surface area (Å²) in [5.41, 5.74) is 2.59. The lowest BCUT2D eigenvalue weighted by Crippen LogP contribution is -2.35. The summed E-state index contributed by atoms with van der Waals surface area (Å²) < 4.78 is 5.46. The van der Waals surface area contributed by atoms with Crippen LogP contribution < -0.4 is 4.74 Å². The van der Waals surface area contributed by atoms with Gasteiger partial charge in [-0.2, -0.15) is 0 Å². The predicted molar refractivity (Wildman–Crippen MR) is 83.1 cm³/mol. The van der Waals surface area contributed by atoms with Crippen molar-refractivity contribution in [1.29, 1.82) is 0 Å². The second kappa shape index (κ2) is 5.49. The molecule has 0 N–H and O–H groups in total. The van der Waals surface area contributed by atoms with Crippen LogP contribution in [-0.2, 0) is 16.6 Å². The molecule has 1 aromatic carbocycles. The molecule has 104 valence electrons. The van der Waals surface area contributed by atoms with Crippen molar-refractivity contribution in [3.05, 3.63) is 60.2 Å². The summed E-state index contributed by atoms with van der Waals surface area (Å²) in [7, 11) is 1.65. The van der Waals surface area contributed by atoms with Crippen LogP contribution in [0.4, 0.5) is 0 Å². The summed E-state index contributed by atoms with van der Waals surface area (Å²) >= 11 is 0. The molecule has 2 nitrogen and oxygen atoms in total. The average Bonchev–Trinajstić information content (AvgIpc) is 2.44. The van der Waals surface area contributed by atoms with Gasteiger partial charge in [0.25, 0.3) is 0 Å². The van der Waals surface area contributed by atoms with Gasteiger partial charge in [-0.1, -0.05) is 24.3 Å². The second-order valence-corrected chi connectivity index (χ2v) is 5.23. The van der Waals surface area contributed by atoms with Gasteiger partial charge in [0.15, 0.2) is 5.78 Å². The lowest BCUT2D eigenvalue weighted by atomic mass is 9.69. The molecular weight excluding hydrogens is 248 g/mol. The Kier molecular flexibility index (Phi) is 3.93. The van der Waals surface area contributed by atoms with Crippen LogP contribution >= 0.6 is 0 Å². The fourth-order valence-electron chi connectivity index (χ4n) is 2.94. The highest BCUT2D eigenvalue weighted by molar-refractivity contribution is 6.05. The van der Waals surface area contributed by atoms with Gasteiger partial charge >= 0.3 is 0 Å². The van der Waals surface area contributed by atoms with Gasteiger partial charge in [-0.25, -0.2) is 0 Å². The molecule has 0 fully saturated rings. The molecule has 0 amide bonds. The van der Waals surface area contributed by atoms with Crippen LogP contribution in [-0.4, -0.2) is 12.9 Å². The number of fused-ring (bicyclic) bond motifs is 1. The van der Waals surface area contributed by atoms with Crippen molar-refractivity contribution >= 4 is 11.9 Å². The van der Waals surface area contributed by atoms with Crippen molar-refractivity contribution in [3.63, 3.8) is 0 Å². The first-order valence-electron chi connectivity index (χ1n) is 6.73. The van der Waals surface area contributed by atoms with Gasteiger partial charge in [0.1, 0.15) is 5.75 Å². The molecule has 2 rings (SSSR count). The van der Waals surface area contributed by atoms with Crippen molar-refractivity contribution in [2.75, 3.05) is 7.11 Å². The molecule has 0 aliphatic heterocycles. The highest BCUT2D eigenvalue weighted by Crippen LogP contribution is 2.42. The lowest BCUT2D eigenvalue weighted by Gasteiger charge is -2.33. The molecule has 0 heterocycles. The zero-order chi connectivity index (χ0) is 14.8. The first-order chi connectivity index (χ1) is 9.58. The van der Waals surface area contributed by atoms with Gasteiger partial charge in [0, 0.05) is 5.56 Å². The van der Waals surface area contributed by atoms with E-state index in [1.165, 1.54) is 0 Å². The number of hydrogen-bond donors (Lipinski definition) is 0. The van der Waals surface area contributed by atoms with Crippen LogP contribution in [0.15, 0.2) is 43.5 Å². The molecule has 1 atom stereocenters. The Morgan fingerprint density at radius 2 is 2.00 bits per heavy atom. The second-order valence-electron chi connectivity index (χ2n) is 5.23. The molecule has 20 heavy (non-hydrogen) atoms. The van der Waals surface area contributed by atoms with Gasteiger partial charge in [0.05, 0.1) is 12.5 Å². The summed E-state index contributed by atoms with van der Waals surface area (Å²) in [6, 6.07) is 3.96. The molecule has 2 heteroatoms. The molecule has 1 aliphatic rings. The van der Waals surface area contributed by atoms with Gasteiger partial charge in [-0.05, 0) is 43.0 Å². The maximum Gasteiger partial charge on any atom is 0.166 e. The van der Waals surface area contributed by atoms with Crippen LogP contribution in [0.25, 0.3) is 6.08 Å². The minimum Gasteiger partial charge on any atom is -0.496 e. The Morgan fingerprint density at radius 1 is 1.25 bits per heavy atom. The van der Waals surface area contributed by atoms with Crippen LogP contribution in [0.3, 0.4) is 0 Å². The van der Waals surface area contributed by atoms with Crippen molar-refractivity contribution in [1.82, 2.24) is 0 Å². The minimum absolute atomic E-state index is 0.114. The number of carbonyl (C=O) groups is 1. The highest BCUT2D eigenvalue weighted by atomic mass is 16.5. The number of carbonyl (C=O) groups excluding carboxylic acids is 1. The maximum atomic E-state index is 12.4. The van der Waals surface area contributed by atoms with E-state index in [9.17, 15) is 4.79 Å². The molecule has 0 saturated carbocycles. The van der Waals surface area contributed by atoms with Crippen LogP contribution in [0.2, 0.25) is 0 Å². The topological polar surface area (TPSA) is 26.3 Å². The van der Waals surface area contributed by atoms with E-state index in [0.717, 1.165) is 22.4 Å². The van der Waals surface area contributed by atoms with Crippen LogP contribution in [0.5, 0.6) is 5.75 Å². The zero-order valence-electron chi connectivity index (χ0n) is 12.1. The number of allylic oxidation sites excluding steroid dienone is 3. The molecule has 1 unspecified atom stereocenters. The van der Waals surface area contributed by atoms with Gasteiger partial charge in [-0.15, -0.1) is 13.2 Å². The quantitative estimate of drug-likeness (QED) is 0.758. The number of hydrogen-bond acceptors (Lipinski definition) is 2. The monoisotopic (exact) mass is 268 g/mol. The van der Waals surface area contributed by atoms with E-state index in [1.807, 2.05) is 31.2 Å². The SMILES string of the molecule is C=CCc1c(OC)ccc2c1C(C)(CC=C)C(=O)C=C2. The van der Waals surface area contributed by atoms with E-state index >= 15 is 0 Å². The van der Waals surface area contributed by atoms with Crippen LogP contribution in [0, 0.1) is 0 Å². The third kappa shape index (κ3) is 2.11. The molecule has 0 bridgehead atoms. The van der Waals surface area contributed by atoms with Gasteiger partial charge in [0.2, 0.25) is 0 Å². The summed E-state index contributed by atoms with van der Waals surface area (Å²) in [6.07, 6.45) is 8.48. The van der Waals surface area contributed by atoms with Crippen molar-refractivity contribution in [2.45, 2.75) is 25.2 Å². The zero-order valence-corrected chi connectivity index (χ0v) is 12.1. The Morgan fingerprint density at radius 3 is 2.60 bits per heavy atom. The summed E-state index contributed by atoms with van der Waals surface area (Å²) in [4.78, 5) is 12.4. The number of ether oxygens (including phenoxy) is 1. The van der Waals surface area contributed by atoms with Crippen molar-refractivity contribution in [3.8, 4) is 5.75 Å².